The van der Waals surface area contributed by atoms with Crippen LogP contribution in [0.3, 0.4) is 0 Å². The summed E-state index contributed by atoms with van der Waals surface area (Å²) in [5.41, 5.74) is 6.70. The summed E-state index contributed by atoms with van der Waals surface area (Å²) in [6, 6.07) is 10.3. The van der Waals surface area contributed by atoms with Crippen molar-refractivity contribution >= 4 is 17.3 Å². The average Bonchev–Trinajstić information content (AvgIpc) is 2.98. The van der Waals surface area contributed by atoms with Crippen molar-refractivity contribution in [3.05, 3.63) is 52.2 Å². The standard InChI is InChI=1S/C14H15NO3S/c1-17-11-6-4-10(5-7-11)9-18-14(16)13(15)12-3-2-8-19-12/h2-8,13H,9,15H2,1H3. The van der Waals surface area contributed by atoms with Crippen LogP contribution >= 0.6 is 11.3 Å². The van der Waals surface area contributed by atoms with Gasteiger partial charge < -0.3 is 15.2 Å². The van der Waals surface area contributed by atoms with E-state index >= 15 is 0 Å². The molecule has 0 saturated carbocycles. The fourth-order valence-corrected chi connectivity index (χ4v) is 2.26. The van der Waals surface area contributed by atoms with Gasteiger partial charge in [0.2, 0.25) is 0 Å². The first-order valence-electron chi connectivity index (χ1n) is 5.79. The van der Waals surface area contributed by atoms with Gasteiger partial charge in [-0.15, -0.1) is 11.3 Å². The van der Waals surface area contributed by atoms with Gasteiger partial charge >= 0.3 is 5.97 Å². The Bertz CT molecular complexity index is 522. The first kappa shape index (κ1) is 13.6. The van der Waals surface area contributed by atoms with Gasteiger partial charge in [0, 0.05) is 4.88 Å². The molecule has 0 aliphatic rings. The Hall–Kier alpha value is -1.85. The maximum absolute atomic E-state index is 11.8. The minimum atomic E-state index is -0.710. The summed E-state index contributed by atoms with van der Waals surface area (Å²) >= 11 is 1.44. The zero-order valence-corrected chi connectivity index (χ0v) is 11.4. The molecule has 1 unspecified atom stereocenters. The molecule has 1 atom stereocenters. The van der Waals surface area contributed by atoms with Crippen molar-refractivity contribution in [1.29, 1.82) is 0 Å². The maximum Gasteiger partial charge on any atom is 0.328 e. The van der Waals surface area contributed by atoms with Crippen molar-refractivity contribution in [3.8, 4) is 5.75 Å². The van der Waals surface area contributed by atoms with E-state index in [1.54, 1.807) is 7.11 Å². The molecule has 0 aliphatic carbocycles. The lowest BCUT2D eigenvalue weighted by atomic mass is 10.2. The SMILES string of the molecule is COc1ccc(COC(=O)C(N)c2cccs2)cc1. The van der Waals surface area contributed by atoms with Crippen LogP contribution in [0.1, 0.15) is 16.5 Å². The van der Waals surface area contributed by atoms with Crippen molar-refractivity contribution in [3.63, 3.8) is 0 Å². The molecule has 19 heavy (non-hydrogen) atoms. The zero-order valence-electron chi connectivity index (χ0n) is 10.5. The quantitative estimate of drug-likeness (QED) is 0.853. The molecular formula is C14H15NO3S. The lowest BCUT2D eigenvalue weighted by Gasteiger charge is -2.10. The van der Waals surface area contributed by atoms with Gasteiger partial charge in [-0.25, -0.2) is 4.79 Å². The van der Waals surface area contributed by atoms with Crippen LogP contribution in [-0.4, -0.2) is 13.1 Å². The van der Waals surface area contributed by atoms with Gasteiger partial charge in [-0.2, -0.15) is 0 Å². The predicted molar refractivity (Wildman–Crippen MR) is 74.0 cm³/mol. The van der Waals surface area contributed by atoms with Gasteiger partial charge in [0.15, 0.2) is 0 Å². The van der Waals surface area contributed by atoms with Crippen LogP contribution in [0.2, 0.25) is 0 Å². The molecule has 2 N–H and O–H groups in total. The van der Waals surface area contributed by atoms with E-state index in [2.05, 4.69) is 0 Å². The van der Waals surface area contributed by atoms with Crippen LogP contribution in [0.4, 0.5) is 0 Å². The smallest absolute Gasteiger partial charge is 0.328 e. The Morgan fingerprint density at radius 3 is 2.63 bits per heavy atom. The summed E-state index contributed by atoms with van der Waals surface area (Å²) in [5.74, 6) is 0.351. The number of hydrogen-bond acceptors (Lipinski definition) is 5. The Balaban J connectivity index is 1.89. The number of methoxy groups -OCH3 is 1. The van der Waals surface area contributed by atoms with Gasteiger partial charge in [-0.3, -0.25) is 0 Å². The minimum absolute atomic E-state index is 0.210. The molecule has 4 nitrogen and oxygen atoms in total. The summed E-state index contributed by atoms with van der Waals surface area (Å²) in [6.45, 7) is 0.210. The molecule has 1 aromatic heterocycles. The van der Waals surface area contributed by atoms with Crippen LogP contribution in [0.25, 0.3) is 0 Å². The fourth-order valence-electron chi connectivity index (χ4n) is 1.55. The number of ether oxygens (including phenoxy) is 2. The molecule has 2 aromatic rings. The first-order chi connectivity index (χ1) is 9.20. The average molecular weight is 277 g/mol. The highest BCUT2D eigenvalue weighted by atomic mass is 32.1. The summed E-state index contributed by atoms with van der Waals surface area (Å²) < 4.78 is 10.2. The molecule has 2 rings (SSSR count). The maximum atomic E-state index is 11.8. The summed E-state index contributed by atoms with van der Waals surface area (Å²) in [6.07, 6.45) is 0. The Morgan fingerprint density at radius 2 is 2.05 bits per heavy atom. The third kappa shape index (κ3) is 3.56. The molecule has 0 fully saturated rings. The molecule has 0 amide bonds. The number of thiophene rings is 1. The fraction of sp³-hybridized carbons (Fsp3) is 0.214. The molecule has 0 radical (unpaired) electrons. The number of carbonyl (C=O) groups excluding carboxylic acids is 1. The first-order valence-corrected chi connectivity index (χ1v) is 6.67. The molecule has 0 aliphatic heterocycles. The van der Waals surface area contributed by atoms with Crippen LogP contribution in [0, 0.1) is 0 Å². The summed E-state index contributed by atoms with van der Waals surface area (Å²) in [4.78, 5) is 12.6. The van der Waals surface area contributed by atoms with E-state index in [1.165, 1.54) is 11.3 Å². The van der Waals surface area contributed by atoms with Gasteiger partial charge in [0.05, 0.1) is 7.11 Å². The van der Waals surface area contributed by atoms with Gasteiger partial charge in [0.25, 0.3) is 0 Å². The van der Waals surface area contributed by atoms with E-state index in [1.807, 2.05) is 41.8 Å². The number of carbonyl (C=O) groups is 1. The van der Waals surface area contributed by atoms with Crippen molar-refractivity contribution in [1.82, 2.24) is 0 Å². The van der Waals surface area contributed by atoms with E-state index < -0.39 is 12.0 Å². The highest BCUT2D eigenvalue weighted by Crippen LogP contribution is 2.19. The topological polar surface area (TPSA) is 61.5 Å². The second kappa shape index (κ2) is 6.36. The molecule has 1 aromatic carbocycles. The monoisotopic (exact) mass is 277 g/mol. The van der Waals surface area contributed by atoms with E-state index in [9.17, 15) is 4.79 Å². The highest BCUT2D eigenvalue weighted by Gasteiger charge is 2.18. The summed E-state index contributed by atoms with van der Waals surface area (Å²) in [7, 11) is 1.61. The van der Waals surface area contributed by atoms with Gasteiger partial charge in [-0.1, -0.05) is 18.2 Å². The van der Waals surface area contributed by atoms with E-state index in [0.29, 0.717) is 0 Å². The van der Waals surface area contributed by atoms with Gasteiger partial charge in [-0.05, 0) is 29.1 Å². The van der Waals surface area contributed by atoms with Crippen molar-refractivity contribution in [2.24, 2.45) is 5.73 Å². The molecule has 0 bridgehead atoms. The number of rotatable bonds is 5. The molecular weight excluding hydrogens is 262 g/mol. The molecule has 100 valence electrons. The Labute approximate surface area is 115 Å². The van der Waals surface area contributed by atoms with E-state index in [-0.39, 0.29) is 6.61 Å². The lowest BCUT2D eigenvalue weighted by molar-refractivity contribution is -0.146. The highest BCUT2D eigenvalue weighted by molar-refractivity contribution is 7.10. The molecule has 0 saturated heterocycles. The van der Waals surface area contributed by atoms with Crippen molar-refractivity contribution in [2.45, 2.75) is 12.6 Å². The van der Waals surface area contributed by atoms with E-state index in [4.69, 9.17) is 15.2 Å². The normalized spacial score (nSPS) is 11.9. The zero-order chi connectivity index (χ0) is 13.7. The third-order valence-corrected chi connectivity index (χ3v) is 3.60. The second-order valence-corrected chi connectivity index (χ2v) is 4.93. The third-order valence-electron chi connectivity index (χ3n) is 2.64. The second-order valence-electron chi connectivity index (χ2n) is 3.95. The largest absolute Gasteiger partial charge is 0.497 e. The van der Waals surface area contributed by atoms with Crippen molar-refractivity contribution in [2.75, 3.05) is 7.11 Å². The van der Waals surface area contributed by atoms with E-state index in [0.717, 1.165) is 16.2 Å². The van der Waals surface area contributed by atoms with Gasteiger partial charge in [0.1, 0.15) is 18.4 Å². The van der Waals surface area contributed by atoms with Crippen molar-refractivity contribution < 1.29 is 14.3 Å². The number of esters is 1. The minimum Gasteiger partial charge on any atom is -0.497 e. The lowest BCUT2D eigenvalue weighted by Crippen LogP contribution is -2.22. The van der Waals surface area contributed by atoms with Crippen LogP contribution in [0.5, 0.6) is 5.75 Å². The Kier molecular flexibility index (Phi) is 4.54. The van der Waals surface area contributed by atoms with Crippen LogP contribution < -0.4 is 10.5 Å². The predicted octanol–water partition coefficient (Wildman–Crippen LogP) is 2.50. The number of hydrogen-bond donors (Lipinski definition) is 1. The number of nitrogens with two attached hydrogens (primary N) is 1. The molecule has 5 heteroatoms. The number of benzene rings is 1. The Morgan fingerprint density at radius 1 is 1.32 bits per heavy atom. The van der Waals surface area contributed by atoms with Crippen LogP contribution in [-0.2, 0) is 16.1 Å². The van der Waals surface area contributed by atoms with Crippen LogP contribution in [0.15, 0.2) is 41.8 Å². The summed E-state index contributed by atoms with van der Waals surface area (Å²) in [5, 5.41) is 1.88. The molecule has 0 spiro atoms. The molecule has 1 heterocycles.